The minimum absolute atomic E-state index is 0.188. The molecule has 1 saturated heterocycles. The Bertz CT molecular complexity index is 1580. The number of amides is 1. The molecular weight excluding hydrogens is 959 g/mol. The number of aliphatic hydroxyl groups excluding tert-OH is 5. The lowest BCUT2D eigenvalue weighted by Gasteiger charge is -2.40. The highest BCUT2D eigenvalue weighted by Gasteiger charge is 2.44. The summed E-state index contributed by atoms with van der Waals surface area (Å²) >= 11 is 0. The average Bonchev–Trinajstić information content (AvgIpc) is 3.43. The van der Waals surface area contributed by atoms with Crippen LogP contribution in [0.4, 0.5) is 0 Å². The van der Waals surface area contributed by atoms with Gasteiger partial charge < -0.3 is 40.3 Å². The van der Waals surface area contributed by atoms with Gasteiger partial charge in [0.1, 0.15) is 24.4 Å². The van der Waals surface area contributed by atoms with Gasteiger partial charge in [-0.2, -0.15) is 0 Å². The highest BCUT2D eigenvalue weighted by Crippen LogP contribution is 2.23. The molecule has 77 heavy (non-hydrogen) atoms. The van der Waals surface area contributed by atoms with E-state index in [-0.39, 0.29) is 12.5 Å². The molecule has 0 aromatic heterocycles. The van der Waals surface area contributed by atoms with E-state index in [1.54, 1.807) is 6.08 Å². The largest absolute Gasteiger partial charge is 0.394 e. The van der Waals surface area contributed by atoms with Crippen LogP contribution in [-0.2, 0) is 14.3 Å². The number of hydrogen-bond acceptors (Lipinski definition) is 8. The van der Waals surface area contributed by atoms with Crippen molar-refractivity contribution in [2.75, 3.05) is 13.2 Å². The van der Waals surface area contributed by atoms with E-state index in [1.165, 1.54) is 154 Å². The van der Waals surface area contributed by atoms with Gasteiger partial charge in [-0.05, 0) is 89.9 Å². The summed E-state index contributed by atoms with van der Waals surface area (Å²) in [6, 6.07) is -0.825. The Kier molecular flexibility index (Phi) is 52.4. The second-order valence-electron chi connectivity index (χ2n) is 21.5. The molecule has 1 rings (SSSR count). The molecule has 6 N–H and O–H groups in total. The second-order valence-corrected chi connectivity index (χ2v) is 21.5. The van der Waals surface area contributed by atoms with Crippen molar-refractivity contribution in [1.29, 1.82) is 0 Å². The van der Waals surface area contributed by atoms with Gasteiger partial charge in [0.05, 0.1) is 25.4 Å². The van der Waals surface area contributed by atoms with Crippen molar-refractivity contribution >= 4 is 5.91 Å². The number of rotatable bonds is 53. The summed E-state index contributed by atoms with van der Waals surface area (Å²) in [5.41, 5.74) is 0. The highest BCUT2D eigenvalue weighted by molar-refractivity contribution is 5.76. The number of aliphatic hydroxyl groups is 5. The van der Waals surface area contributed by atoms with E-state index < -0.39 is 49.5 Å². The zero-order valence-corrected chi connectivity index (χ0v) is 49.2. The topological polar surface area (TPSA) is 149 Å². The zero-order chi connectivity index (χ0) is 55.8. The SMILES string of the molecule is CC/C=C\C/C=C\C/C=C\C/C=C\C/C=C\C/C=C\C/C=C\CCCCCCCCCCCCCCCCCCCCCC(=O)NC(COC1OC(CO)C(O)C(O)C1O)C(O)/C=C/CC/C=C/CCCCCCCCC. The summed E-state index contributed by atoms with van der Waals surface area (Å²) in [6.45, 7) is 3.63. The van der Waals surface area contributed by atoms with Crippen molar-refractivity contribution in [2.45, 2.75) is 301 Å². The molecule has 9 nitrogen and oxygen atoms in total. The van der Waals surface area contributed by atoms with Crippen LogP contribution in [0.15, 0.2) is 109 Å². The predicted octanol–water partition coefficient (Wildman–Crippen LogP) is 16.5. The molecule has 0 bridgehead atoms. The first kappa shape index (κ1) is 71.9. The van der Waals surface area contributed by atoms with Gasteiger partial charge in [0, 0.05) is 6.42 Å². The third-order valence-corrected chi connectivity index (χ3v) is 14.3. The van der Waals surface area contributed by atoms with Crippen molar-refractivity contribution in [1.82, 2.24) is 5.32 Å². The molecule has 1 fully saturated rings. The first-order valence-corrected chi connectivity index (χ1v) is 31.6. The lowest BCUT2D eigenvalue weighted by Crippen LogP contribution is -2.60. The van der Waals surface area contributed by atoms with E-state index in [1.807, 2.05) is 6.08 Å². The van der Waals surface area contributed by atoms with Gasteiger partial charge in [-0.15, -0.1) is 0 Å². The maximum atomic E-state index is 13.0. The summed E-state index contributed by atoms with van der Waals surface area (Å²) in [5.74, 6) is -0.188. The maximum absolute atomic E-state index is 13.0. The molecule has 0 spiro atoms. The number of carbonyl (C=O) groups excluding carboxylic acids is 1. The Morgan fingerprint density at radius 2 is 0.818 bits per heavy atom. The minimum atomic E-state index is -1.57. The molecule has 442 valence electrons. The lowest BCUT2D eigenvalue weighted by molar-refractivity contribution is -0.302. The Balaban J connectivity index is 2.07. The third-order valence-electron chi connectivity index (χ3n) is 14.3. The Hall–Kier alpha value is -3.15. The van der Waals surface area contributed by atoms with Gasteiger partial charge >= 0.3 is 0 Å². The van der Waals surface area contributed by atoms with Gasteiger partial charge in [0.25, 0.3) is 0 Å². The summed E-state index contributed by atoms with van der Waals surface area (Å²) in [5, 5.41) is 54.4. The van der Waals surface area contributed by atoms with E-state index in [9.17, 15) is 30.3 Å². The van der Waals surface area contributed by atoms with Gasteiger partial charge in [0.2, 0.25) is 5.91 Å². The van der Waals surface area contributed by atoms with Gasteiger partial charge in [-0.25, -0.2) is 0 Å². The van der Waals surface area contributed by atoms with Crippen molar-refractivity contribution in [2.24, 2.45) is 0 Å². The predicted molar refractivity (Wildman–Crippen MR) is 327 cm³/mol. The molecule has 1 heterocycles. The monoisotopic (exact) mass is 1080 g/mol. The Labute approximate surface area is 472 Å². The number of ether oxygens (including phenoxy) is 2. The molecule has 1 amide bonds. The molecule has 0 saturated carbocycles. The van der Waals surface area contributed by atoms with E-state index in [4.69, 9.17) is 9.47 Å². The molecule has 0 radical (unpaired) electrons. The molecule has 9 heteroatoms. The molecular formula is C68H117NO8. The van der Waals surface area contributed by atoms with Crippen LogP contribution < -0.4 is 5.32 Å². The van der Waals surface area contributed by atoms with Gasteiger partial charge in [0.15, 0.2) is 6.29 Å². The summed E-state index contributed by atoms with van der Waals surface area (Å²) < 4.78 is 11.2. The first-order valence-electron chi connectivity index (χ1n) is 31.6. The lowest BCUT2D eigenvalue weighted by atomic mass is 9.99. The number of allylic oxidation sites excluding steroid dienone is 17. The van der Waals surface area contributed by atoms with Crippen LogP contribution in [-0.4, -0.2) is 87.5 Å². The molecule has 1 aliphatic rings. The van der Waals surface area contributed by atoms with Crippen LogP contribution in [0.25, 0.3) is 0 Å². The van der Waals surface area contributed by atoms with Crippen molar-refractivity contribution in [3.8, 4) is 0 Å². The number of unbranched alkanes of at least 4 members (excludes halogenated alkanes) is 27. The van der Waals surface area contributed by atoms with Crippen molar-refractivity contribution in [3.63, 3.8) is 0 Å². The van der Waals surface area contributed by atoms with Crippen LogP contribution in [0.1, 0.15) is 258 Å². The van der Waals surface area contributed by atoms with Crippen LogP contribution >= 0.6 is 0 Å². The minimum Gasteiger partial charge on any atom is -0.394 e. The molecule has 7 atom stereocenters. The Morgan fingerprint density at radius 3 is 1.25 bits per heavy atom. The van der Waals surface area contributed by atoms with Gasteiger partial charge in [-0.1, -0.05) is 271 Å². The van der Waals surface area contributed by atoms with E-state index in [0.717, 1.165) is 83.5 Å². The van der Waals surface area contributed by atoms with E-state index in [0.29, 0.717) is 6.42 Å². The second kappa shape index (κ2) is 56.1. The third kappa shape index (κ3) is 45.3. The normalized spacial score (nSPS) is 19.5. The fourth-order valence-corrected chi connectivity index (χ4v) is 9.39. The summed E-state index contributed by atoms with van der Waals surface area (Å²) in [7, 11) is 0. The quantitative estimate of drug-likeness (QED) is 0.0261. The first-order chi connectivity index (χ1) is 37.8. The summed E-state index contributed by atoms with van der Waals surface area (Å²) in [4.78, 5) is 13.0. The average molecular weight is 1080 g/mol. The summed E-state index contributed by atoms with van der Waals surface area (Å²) in [6.07, 6.45) is 76.2. The smallest absolute Gasteiger partial charge is 0.220 e. The molecule has 0 aromatic rings. The maximum Gasteiger partial charge on any atom is 0.220 e. The van der Waals surface area contributed by atoms with Crippen LogP contribution in [0, 0.1) is 0 Å². The standard InChI is InChI=1S/C68H117NO8/c1-3-5-7-9-11-13-15-17-18-19-20-21-22-23-24-25-26-27-28-29-30-31-32-33-34-35-36-37-38-39-40-41-42-43-44-46-48-50-52-54-56-58-64(72)69-61(60-76-68-67(75)66(74)65(73)63(59-70)77-68)62(71)57-55-53-51-49-47-45-16-14-12-10-8-6-4-2/h5,7,11,13,17-18,20-21,23-24,26-27,29-30,47,49,55,57,61-63,65-68,70-71,73-75H,3-4,6,8-10,12,14-16,19,22,25,28,31-46,48,50-54,56,58-60H2,1-2H3,(H,69,72)/b7-5-,13-11-,18-17-,21-20-,24-23-,27-26-,30-29-,49-47+,57-55+. The molecule has 1 aliphatic heterocycles. The van der Waals surface area contributed by atoms with Gasteiger partial charge in [-0.3, -0.25) is 4.79 Å². The number of nitrogens with one attached hydrogen (secondary N) is 1. The molecule has 0 aromatic carbocycles. The van der Waals surface area contributed by atoms with Crippen LogP contribution in [0.3, 0.4) is 0 Å². The zero-order valence-electron chi connectivity index (χ0n) is 49.2. The highest BCUT2D eigenvalue weighted by atomic mass is 16.7. The number of hydrogen-bond donors (Lipinski definition) is 6. The van der Waals surface area contributed by atoms with Crippen molar-refractivity contribution in [3.05, 3.63) is 109 Å². The Morgan fingerprint density at radius 1 is 0.455 bits per heavy atom. The van der Waals surface area contributed by atoms with Crippen molar-refractivity contribution < 1.29 is 39.8 Å². The van der Waals surface area contributed by atoms with E-state index in [2.05, 4.69) is 116 Å². The van der Waals surface area contributed by atoms with E-state index >= 15 is 0 Å². The van der Waals surface area contributed by atoms with Crippen LogP contribution in [0.5, 0.6) is 0 Å². The fourth-order valence-electron chi connectivity index (χ4n) is 9.39. The molecule has 0 aliphatic carbocycles. The van der Waals surface area contributed by atoms with Crippen LogP contribution in [0.2, 0.25) is 0 Å². The molecule has 7 unspecified atom stereocenters. The number of carbonyl (C=O) groups is 1. The fraction of sp³-hybridized carbons (Fsp3) is 0.721.